The fourth-order valence-corrected chi connectivity index (χ4v) is 1.11. The second-order valence-electron chi connectivity index (χ2n) is 3.08. The Balaban J connectivity index is 2.50. The van der Waals surface area contributed by atoms with Crippen LogP contribution in [0.5, 0.6) is 0 Å². The van der Waals surface area contributed by atoms with Crippen LogP contribution in [0.2, 0.25) is 0 Å². The molecule has 0 atom stereocenters. The Bertz CT molecular complexity index is 324. The third kappa shape index (κ3) is 3.52. The van der Waals surface area contributed by atoms with Crippen LogP contribution in [-0.4, -0.2) is 31.0 Å². The van der Waals surface area contributed by atoms with E-state index >= 15 is 0 Å². The van der Waals surface area contributed by atoms with E-state index in [1.165, 1.54) is 0 Å². The summed E-state index contributed by atoms with van der Waals surface area (Å²) >= 11 is 0. The van der Waals surface area contributed by atoms with Gasteiger partial charge in [-0.15, -0.1) is 6.58 Å². The lowest BCUT2D eigenvalue weighted by Crippen LogP contribution is -2.35. The first-order valence-electron chi connectivity index (χ1n) is 4.74. The van der Waals surface area contributed by atoms with Crippen LogP contribution in [0.4, 0.5) is 5.69 Å². The van der Waals surface area contributed by atoms with Gasteiger partial charge in [0.05, 0.1) is 6.54 Å². The number of carbonyl (C=O) groups is 1. The van der Waals surface area contributed by atoms with Crippen molar-refractivity contribution in [3.8, 4) is 0 Å². The van der Waals surface area contributed by atoms with Crippen LogP contribution in [0.1, 0.15) is 0 Å². The molecule has 80 valence electrons. The van der Waals surface area contributed by atoms with Crippen molar-refractivity contribution in [3.05, 3.63) is 37.2 Å². The maximum Gasteiger partial charge on any atom is 0.240 e. The van der Waals surface area contributed by atoms with Crippen molar-refractivity contribution < 1.29 is 4.79 Å². The predicted molar refractivity (Wildman–Crippen MR) is 60.7 cm³/mol. The molecule has 1 heterocycles. The zero-order chi connectivity index (χ0) is 11.1. The van der Waals surface area contributed by atoms with Crippen LogP contribution in [-0.2, 0) is 4.79 Å². The van der Waals surface area contributed by atoms with Gasteiger partial charge in [-0.25, -0.2) is 0 Å². The van der Waals surface area contributed by atoms with Gasteiger partial charge < -0.3 is 10.2 Å². The lowest BCUT2D eigenvalue weighted by Gasteiger charge is -2.16. The topological polar surface area (TPSA) is 45.2 Å². The molecule has 1 aromatic heterocycles. The molecule has 1 rings (SSSR count). The summed E-state index contributed by atoms with van der Waals surface area (Å²) in [6, 6.07) is 3.59. The van der Waals surface area contributed by atoms with Crippen LogP contribution in [0.3, 0.4) is 0 Å². The van der Waals surface area contributed by atoms with Gasteiger partial charge in [-0.1, -0.05) is 6.08 Å². The summed E-state index contributed by atoms with van der Waals surface area (Å²) < 4.78 is 0. The smallest absolute Gasteiger partial charge is 0.240 e. The third-order valence-electron chi connectivity index (χ3n) is 1.99. The quantitative estimate of drug-likeness (QED) is 0.572. The second-order valence-corrected chi connectivity index (χ2v) is 3.08. The van der Waals surface area contributed by atoms with E-state index in [1.54, 1.807) is 42.6 Å². The summed E-state index contributed by atoms with van der Waals surface area (Å²) in [5, 5.41) is 2.96. The number of pyridine rings is 1. The fraction of sp³-hybridized carbons (Fsp3) is 0.273. The first kappa shape index (κ1) is 11.4. The minimum atomic E-state index is 0.0167. The molecule has 0 spiro atoms. The minimum absolute atomic E-state index is 0.0167. The highest BCUT2D eigenvalue weighted by Gasteiger charge is 2.08. The first-order chi connectivity index (χ1) is 7.25. The van der Waals surface area contributed by atoms with Gasteiger partial charge in [0.2, 0.25) is 5.91 Å². The number of carbonyl (C=O) groups excluding carboxylic acids is 1. The molecule has 0 aliphatic heterocycles. The Kier molecular flexibility index (Phi) is 4.50. The monoisotopic (exact) mass is 205 g/mol. The Hall–Kier alpha value is -1.68. The number of likely N-dealkylation sites (N-methyl/N-ethyl adjacent to an activating group) is 1. The van der Waals surface area contributed by atoms with Gasteiger partial charge in [0, 0.05) is 31.7 Å². The second kappa shape index (κ2) is 5.93. The lowest BCUT2D eigenvalue weighted by molar-refractivity contribution is -0.117. The molecule has 0 aromatic carbocycles. The summed E-state index contributed by atoms with van der Waals surface area (Å²) in [5.41, 5.74) is 0.843. The minimum Gasteiger partial charge on any atom is -0.314 e. The third-order valence-corrected chi connectivity index (χ3v) is 1.99. The number of anilines is 1. The van der Waals surface area contributed by atoms with Crippen molar-refractivity contribution in [2.24, 2.45) is 0 Å². The number of rotatable bonds is 5. The molecule has 0 fully saturated rings. The van der Waals surface area contributed by atoms with E-state index < -0.39 is 0 Å². The van der Waals surface area contributed by atoms with E-state index in [0.29, 0.717) is 13.1 Å². The van der Waals surface area contributed by atoms with Gasteiger partial charge in [-0.3, -0.25) is 9.78 Å². The molecule has 0 saturated carbocycles. The van der Waals surface area contributed by atoms with E-state index in [4.69, 9.17) is 0 Å². The normalized spacial score (nSPS) is 9.67. The van der Waals surface area contributed by atoms with Crippen LogP contribution in [0.15, 0.2) is 37.2 Å². The molecule has 4 heteroatoms. The van der Waals surface area contributed by atoms with E-state index in [-0.39, 0.29) is 5.91 Å². The highest BCUT2D eigenvalue weighted by atomic mass is 16.2. The molecule has 0 bridgehead atoms. The van der Waals surface area contributed by atoms with Gasteiger partial charge in [0.15, 0.2) is 0 Å². The van der Waals surface area contributed by atoms with Crippen molar-refractivity contribution in [1.29, 1.82) is 0 Å². The number of nitrogens with one attached hydrogen (secondary N) is 1. The Morgan fingerprint density at radius 3 is 2.87 bits per heavy atom. The van der Waals surface area contributed by atoms with Crippen LogP contribution >= 0.6 is 0 Å². The van der Waals surface area contributed by atoms with Crippen LogP contribution in [0, 0.1) is 0 Å². The van der Waals surface area contributed by atoms with Crippen LogP contribution < -0.4 is 10.2 Å². The molecule has 15 heavy (non-hydrogen) atoms. The number of aromatic nitrogens is 1. The molecule has 0 radical (unpaired) electrons. The highest BCUT2D eigenvalue weighted by molar-refractivity contribution is 5.94. The molecule has 0 saturated heterocycles. The standard InChI is InChI=1S/C11H15N3O/c1-3-6-13-9-11(15)14(2)10-4-7-12-8-5-10/h3-5,7-8,13H,1,6,9H2,2H3. The number of nitrogens with zero attached hydrogens (tertiary/aromatic N) is 2. The Morgan fingerprint density at radius 2 is 2.27 bits per heavy atom. The van der Waals surface area contributed by atoms with Crippen LogP contribution in [0.25, 0.3) is 0 Å². The van der Waals surface area contributed by atoms with Gasteiger partial charge >= 0.3 is 0 Å². The summed E-state index contributed by atoms with van der Waals surface area (Å²) in [7, 11) is 1.74. The maximum atomic E-state index is 11.6. The van der Waals surface area contributed by atoms with Gasteiger partial charge in [-0.2, -0.15) is 0 Å². The van der Waals surface area contributed by atoms with Crippen molar-refractivity contribution >= 4 is 11.6 Å². The predicted octanol–water partition coefficient (Wildman–Crippen LogP) is 0.820. The average molecular weight is 205 g/mol. The van der Waals surface area contributed by atoms with E-state index in [1.807, 2.05) is 0 Å². The summed E-state index contributed by atoms with van der Waals surface area (Å²) in [5.74, 6) is 0.0167. The van der Waals surface area contributed by atoms with Gasteiger partial charge in [0.1, 0.15) is 0 Å². The molecule has 1 N–H and O–H groups in total. The van der Waals surface area contributed by atoms with Gasteiger partial charge in [0.25, 0.3) is 0 Å². The first-order valence-corrected chi connectivity index (χ1v) is 4.74. The zero-order valence-corrected chi connectivity index (χ0v) is 8.81. The number of hydrogen-bond donors (Lipinski definition) is 1. The molecule has 1 aromatic rings. The van der Waals surface area contributed by atoms with E-state index in [0.717, 1.165) is 5.69 Å². The zero-order valence-electron chi connectivity index (χ0n) is 8.81. The largest absolute Gasteiger partial charge is 0.314 e. The molecular formula is C11H15N3O. The SMILES string of the molecule is C=CCNCC(=O)N(C)c1ccncc1. The van der Waals surface area contributed by atoms with E-state index in [9.17, 15) is 4.79 Å². The molecule has 0 aliphatic rings. The average Bonchev–Trinajstić information content (AvgIpc) is 2.29. The van der Waals surface area contributed by atoms with Gasteiger partial charge in [-0.05, 0) is 12.1 Å². The maximum absolute atomic E-state index is 11.6. The van der Waals surface area contributed by atoms with Crippen molar-refractivity contribution in [2.45, 2.75) is 0 Å². The Labute approximate surface area is 89.6 Å². The molecule has 0 aliphatic carbocycles. The summed E-state index contributed by atoms with van der Waals surface area (Å²) in [6.07, 6.45) is 5.05. The van der Waals surface area contributed by atoms with E-state index in [2.05, 4.69) is 16.9 Å². The fourth-order valence-electron chi connectivity index (χ4n) is 1.11. The number of amides is 1. The molecule has 4 nitrogen and oxygen atoms in total. The summed E-state index contributed by atoms with van der Waals surface area (Å²) in [6.45, 7) is 4.51. The van der Waals surface area contributed by atoms with Crippen molar-refractivity contribution in [1.82, 2.24) is 10.3 Å². The Morgan fingerprint density at radius 1 is 1.60 bits per heavy atom. The molecular weight excluding hydrogens is 190 g/mol. The lowest BCUT2D eigenvalue weighted by atomic mass is 10.3. The summed E-state index contributed by atoms with van der Waals surface area (Å²) in [4.78, 5) is 17.1. The van der Waals surface area contributed by atoms with Crippen molar-refractivity contribution in [2.75, 3.05) is 25.0 Å². The van der Waals surface area contributed by atoms with Crippen molar-refractivity contribution in [3.63, 3.8) is 0 Å². The molecule has 0 unspecified atom stereocenters. The number of hydrogen-bond acceptors (Lipinski definition) is 3. The molecule has 1 amide bonds. The highest BCUT2D eigenvalue weighted by Crippen LogP contribution is 2.09.